The highest BCUT2D eigenvalue weighted by Crippen LogP contribution is 2.23. The second-order valence-corrected chi connectivity index (χ2v) is 5.89. The second-order valence-electron chi connectivity index (χ2n) is 4.53. The van der Waals surface area contributed by atoms with E-state index in [0.29, 0.717) is 0 Å². The molecule has 0 heterocycles. The van der Waals surface area contributed by atoms with E-state index in [2.05, 4.69) is 0 Å². The molecule has 1 N–H and O–H groups in total. The van der Waals surface area contributed by atoms with Crippen molar-refractivity contribution in [3.8, 4) is 0 Å². The van der Waals surface area contributed by atoms with Crippen LogP contribution >= 0.6 is 11.8 Å². The van der Waals surface area contributed by atoms with E-state index in [-0.39, 0.29) is 23.4 Å². The molecule has 0 amide bonds. The molecule has 0 rings (SSSR count). The Balaban J connectivity index is 4.34. The van der Waals surface area contributed by atoms with Crippen LogP contribution in [0.15, 0.2) is 0 Å². The number of carbonyl (C=O) groups excluding carboxylic acids is 2. The first kappa shape index (κ1) is 16.4. The molecule has 17 heavy (non-hydrogen) atoms. The number of Topliss-reactive ketones (excluding diaryl/α,β-unsaturated/α-hetero) is 1. The van der Waals surface area contributed by atoms with Gasteiger partial charge in [-0.25, -0.2) is 0 Å². The van der Waals surface area contributed by atoms with Gasteiger partial charge in [-0.2, -0.15) is 0 Å². The molecule has 0 spiro atoms. The Labute approximate surface area is 107 Å². The van der Waals surface area contributed by atoms with E-state index in [9.17, 15) is 14.7 Å². The van der Waals surface area contributed by atoms with Crippen molar-refractivity contribution in [3.05, 3.63) is 0 Å². The monoisotopic (exact) mass is 262 g/mol. The minimum absolute atomic E-state index is 0.0306. The highest BCUT2D eigenvalue weighted by atomic mass is 32.2. The summed E-state index contributed by atoms with van der Waals surface area (Å²) >= 11 is 1.35. The van der Waals surface area contributed by atoms with E-state index in [1.807, 2.05) is 6.92 Å². The van der Waals surface area contributed by atoms with Crippen LogP contribution in [0.2, 0.25) is 0 Å². The predicted molar refractivity (Wildman–Crippen MR) is 69.0 cm³/mol. The van der Waals surface area contributed by atoms with Gasteiger partial charge in [0.1, 0.15) is 5.41 Å². The molecular formula is C12H22O4S. The van der Waals surface area contributed by atoms with E-state index < -0.39 is 17.5 Å². The summed E-state index contributed by atoms with van der Waals surface area (Å²) in [7, 11) is 0. The van der Waals surface area contributed by atoms with Gasteiger partial charge in [-0.15, -0.1) is 11.8 Å². The van der Waals surface area contributed by atoms with Crippen molar-refractivity contribution >= 4 is 23.5 Å². The van der Waals surface area contributed by atoms with Crippen molar-refractivity contribution in [1.29, 1.82) is 0 Å². The number of esters is 1. The molecule has 0 bridgehead atoms. The van der Waals surface area contributed by atoms with Crippen LogP contribution in [0.5, 0.6) is 0 Å². The van der Waals surface area contributed by atoms with Gasteiger partial charge in [0.25, 0.3) is 0 Å². The minimum atomic E-state index is -1.11. The molecule has 0 aromatic rings. The average molecular weight is 262 g/mol. The maximum absolute atomic E-state index is 11.9. The smallest absolute Gasteiger partial charge is 0.319 e. The van der Waals surface area contributed by atoms with Crippen LogP contribution in [0.1, 0.15) is 34.6 Å². The quantitative estimate of drug-likeness (QED) is 0.558. The number of rotatable bonds is 7. The third kappa shape index (κ3) is 5.08. The summed E-state index contributed by atoms with van der Waals surface area (Å²) in [5.74, 6) is -0.457. The molecule has 4 nitrogen and oxygen atoms in total. The van der Waals surface area contributed by atoms with Gasteiger partial charge in [-0.1, -0.05) is 6.92 Å². The first-order valence-electron chi connectivity index (χ1n) is 5.73. The Morgan fingerprint density at radius 3 is 2.29 bits per heavy atom. The SMILES string of the molecule is CCOC(=O)C(C)(C)C(=O)CSC(C)C(C)O. The normalized spacial score (nSPS) is 15.2. The summed E-state index contributed by atoms with van der Waals surface area (Å²) in [6.07, 6.45) is -0.474. The molecule has 2 unspecified atom stereocenters. The summed E-state index contributed by atoms with van der Waals surface area (Å²) in [6, 6.07) is 0. The Kier molecular flexibility index (Phi) is 6.78. The van der Waals surface area contributed by atoms with Crippen molar-refractivity contribution in [2.24, 2.45) is 5.41 Å². The fraction of sp³-hybridized carbons (Fsp3) is 0.833. The van der Waals surface area contributed by atoms with Crippen molar-refractivity contribution in [2.45, 2.75) is 46.0 Å². The van der Waals surface area contributed by atoms with Gasteiger partial charge in [0, 0.05) is 5.25 Å². The lowest BCUT2D eigenvalue weighted by Crippen LogP contribution is -2.37. The zero-order valence-corrected chi connectivity index (χ0v) is 12.0. The van der Waals surface area contributed by atoms with E-state index >= 15 is 0 Å². The van der Waals surface area contributed by atoms with Crippen LogP contribution < -0.4 is 0 Å². The van der Waals surface area contributed by atoms with E-state index in [4.69, 9.17) is 4.74 Å². The fourth-order valence-corrected chi connectivity index (χ4v) is 2.01. The Bertz CT molecular complexity index is 274. The average Bonchev–Trinajstić information content (AvgIpc) is 2.25. The lowest BCUT2D eigenvalue weighted by Gasteiger charge is -2.22. The molecule has 5 heteroatoms. The highest BCUT2D eigenvalue weighted by Gasteiger charge is 2.37. The van der Waals surface area contributed by atoms with Crippen molar-refractivity contribution < 1.29 is 19.4 Å². The summed E-state index contributed by atoms with van der Waals surface area (Å²) in [5, 5.41) is 9.28. The lowest BCUT2D eigenvalue weighted by molar-refractivity contribution is -0.157. The molecule has 0 aliphatic heterocycles. The molecule has 0 fully saturated rings. The Hall–Kier alpha value is -0.550. The van der Waals surface area contributed by atoms with Crippen LogP contribution in [0.3, 0.4) is 0 Å². The van der Waals surface area contributed by atoms with Gasteiger partial charge in [0.15, 0.2) is 5.78 Å². The largest absolute Gasteiger partial charge is 0.465 e. The zero-order valence-electron chi connectivity index (χ0n) is 11.1. The zero-order chi connectivity index (χ0) is 13.6. The molecule has 100 valence electrons. The number of aliphatic hydroxyl groups is 1. The van der Waals surface area contributed by atoms with Crippen molar-refractivity contribution in [3.63, 3.8) is 0 Å². The van der Waals surface area contributed by atoms with Gasteiger partial charge in [-0.3, -0.25) is 9.59 Å². The molecule has 0 aromatic heterocycles. The molecule has 0 aliphatic carbocycles. The number of ketones is 1. The summed E-state index contributed by atoms with van der Waals surface area (Å²) in [5.41, 5.74) is -1.11. The van der Waals surface area contributed by atoms with Gasteiger partial charge in [-0.05, 0) is 27.7 Å². The number of aliphatic hydroxyl groups excluding tert-OH is 1. The van der Waals surface area contributed by atoms with E-state index in [0.717, 1.165) is 0 Å². The maximum Gasteiger partial charge on any atom is 0.319 e. The van der Waals surface area contributed by atoms with Gasteiger partial charge in [0.2, 0.25) is 0 Å². The van der Waals surface area contributed by atoms with Crippen LogP contribution in [0.25, 0.3) is 0 Å². The number of carbonyl (C=O) groups is 2. The second kappa shape index (κ2) is 7.01. The third-order valence-corrected chi connectivity index (χ3v) is 3.99. The Morgan fingerprint density at radius 2 is 1.88 bits per heavy atom. The minimum Gasteiger partial charge on any atom is -0.465 e. The summed E-state index contributed by atoms with van der Waals surface area (Å²) < 4.78 is 4.86. The highest BCUT2D eigenvalue weighted by molar-refractivity contribution is 8.00. The fourth-order valence-electron chi connectivity index (χ4n) is 0.952. The van der Waals surface area contributed by atoms with Crippen LogP contribution in [0, 0.1) is 5.41 Å². The van der Waals surface area contributed by atoms with Crippen LogP contribution in [-0.2, 0) is 14.3 Å². The van der Waals surface area contributed by atoms with Crippen molar-refractivity contribution in [1.82, 2.24) is 0 Å². The third-order valence-electron chi connectivity index (χ3n) is 2.64. The molecular weight excluding hydrogens is 240 g/mol. The molecule has 0 saturated carbocycles. The number of hydrogen-bond acceptors (Lipinski definition) is 5. The van der Waals surface area contributed by atoms with Gasteiger partial charge in [0.05, 0.1) is 18.5 Å². The summed E-state index contributed by atoms with van der Waals surface area (Å²) in [6.45, 7) is 8.65. The Morgan fingerprint density at radius 1 is 1.35 bits per heavy atom. The lowest BCUT2D eigenvalue weighted by atomic mass is 9.89. The molecule has 2 atom stereocenters. The predicted octanol–water partition coefficient (Wildman–Crippen LogP) is 1.65. The summed E-state index contributed by atoms with van der Waals surface area (Å²) in [4.78, 5) is 23.5. The van der Waals surface area contributed by atoms with Crippen LogP contribution in [-0.4, -0.2) is 40.6 Å². The topological polar surface area (TPSA) is 63.6 Å². The van der Waals surface area contributed by atoms with Gasteiger partial charge < -0.3 is 9.84 Å². The van der Waals surface area contributed by atoms with E-state index in [1.54, 1.807) is 27.7 Å². The standard InChI is InChI=1S/C12H22O4S/c1-6-16-11(15)12(4,5)10(14)7-17-9(3)8(2)13/h8-9,13H,6-7H2,1-5H3. The molecule has 0 saturated heterocycles. The first-order valence-corrected chi connectivity index (χ1v) is 6.78. The maximum atomic E-state index is 11.9. The molecule has 0 aromatic carbocycles. The number of hydrogen-bond donors (Lipinski definition) is 1. The van der Waals surface area contributed by atoms with Crippen molar-refractivity contribution in [2.75, 3.05) is 12.4 Å². The number of ether oxygens (including phenoxy) is 1. The van der Waals surface area contributed by atoms with Gasteiger partial charge >= 0.3 is 5.97 Å². The molecule has 0 radical (unpaired) electrons. The van der Waals surface area contributed by atoms with E-state index in [1.165, 1.54) is 11.8 Å². The molecule has 0 aliphatic rings. The van der Waals surface area contributed by atoms with Crippen LogP contribution in [0.4, 0.5) is 0 Å². The number of thioether (sulfide) groups is 1. The first-order chi connectivity index (χ1) is 7.73.